The number of hydrogen-bond acceptors (Lipinski definition) is 5. The predicted molar refractivity (Wildman–Crippen MR) is 86.5 cm³/mol. The standard InChI is InChI=1S/C16H16N4O5/c1-18-14(23)15(24)20(16(18)25)9-12(21)17-10-4-6-11(7-5-10)19-8-2-3-13(19)22/h4-7H,2-3,8-9H2,1H3,(H,17,21). The second-order valence-electron chi connectivity index (χ2n) is 5.78. The summed E-state index contributed by atoms with van der Waals surface area (Å²) in [6.07, 6.45) is 1.35. The average molecular weight is 344 g/mol. The molecule has 0 bridgehead atoms. The van der Waals surface area contributed by atoms with Crippen molar-refractivity contribution in [3.63, 3.8) is 0 Å². The molecule has 2 aliphatic heterocycles. The Morgan fingerprint density at radius 3 is 2.28 bits per heavy atom. The third kappa shape index (κ3) is 3.08. The number of carbonyl (C=O) groups excluding carboxylic acids is 5. The largest absolute Gasteiger partial charge is 0.334 e. The van der Waals surface area contributed by atoms with Gasteiger partial charge in [-0.05, 0) is 30.7 Å². The smallest absolute Gasteiger partial charge is 0.325 e. The van der Waals surface area contributed by atoms with Gasteiger partial charge in [0, 0.05) is 31.4 Å². The first-order valence-corrected chi connectivity index (χ1v) is 7.72. The number of urea groups is 1. The summed E-state index contributed by atoms with van der Waals surface area (Å²) in [5, 5.41) is 2.55. The molecule has 0 atom stereocenters. The van der Waals surface area contributed by atoms with Gasteiger partial charge in [-0.25, -0.2) is 9.69 Å². The molecule has 2 heterocycles. The number of likely N-dealkylation sites (N-methyl/N-ethyl adjacent to an activating group) is 1. The summed E-state index contributed by atoms with van der Waals surface area (Å²) >= 11 is 0. The highest BCUT2D eigenvalue weighted by molar-refractivity contribution is 6.44. The van der Waals surface area contributed by atoms with Crippen LogP contribution in [0, 0.1) is 0 Å². The topological polar surface area (TPSA) is 107 Å². The van der Waals surface area contributed by atoms with Crippen LogP contribution in [0.4, 0.5) is 16.2 Å². The molecular formula is C16H16N4O5. The van der Waals surface area contributed by atoms with Crippen molar-refractivity contribution in [2.45, 2.75) is 12.8 Å². The summed E-state index contributed by atoms with van der Waals surface area (Å²) in [4.78, 5) is 61.4. The Labute approximate surface area is 143 Å². The molecule has 3 rings (SSSR count). The van der Waals surface area contributed by atoms with E-state index < -0.39 is 30.3 Å². The lowest BCUT2D eigenvalue weighted by molar-refractivity contribution is -0.143. The van der Waals surface area contributed by atoms with E-state index in [-0.39, 0.29) is 5.91 Å². The minimum absolute atomic E-state index is 0.0663. The van der Waals surface area contributed by atoms with E-state index in [1.54, 1.807) is 29.2 Å². The Kier molecular flexibility index (Phi) is 4.22. The molecule has 0 aromatic heterocycles. The summed E-state index contributed by atoms with van der Waals surface area (Å²) in [6.45, 7) is 0.130. The molecule has 2 aliphatic rings. The van der Waals surface area contributed by atoms with E-state index in [2.05, 4.69) is 5.32 Å². The summed E-state index contributed by atoms with van der Waals surface area (Å²) < 4.78 is 0. The predicted octanol–water partition coefficient (Wildman–Crippen LogP) is 0.172. The maximum Gasteiger partial charge on any atom is 0.334 e. The molecule has 0 saturated carbocycles. The molecule has 2 fully saturated rings. The summed E-state index contributed by atoms with van der Waals surface area (Å²) in [5.74, 6) is -2.52. The molecule has 6 amide bonds. The van der Waals surface area contributed by atoms with E-state index in [0.29, 0.717) is 28.5 Å². The monoisotopic (exact) mass is 344 g/mol. The van der Waals surface area contributed by atoms with Gasteiger partial charge in [-0.3, -0.25) is 24.1 Å². The molecule has 25 heavy (non-hydrogen) atoms. The Balaban J connectivity index is 1.62. The molecule has 1 aromatic carbocycles. The van der Waals surface area contributed by atoms with Crippen LogP contribution in [0.5, 0.6) is 0 Å². The van der Waals surface area contributed by atoms with Crippen LogP contribution in [0.15, 0.2) is 24.3 Å². The zero-order chi connectivity index (χ0) is 18.1. The van der Waals surface area contributed by atoms with Crippen LogP contribution < -0.4 is 10.2 Å². The lowest BCUT2D eigenvalue weighted by Crippen LogP contribution is -2.38. The van der Waals surface area contributed by atoms with Gasteiger partial charge in [0.1, 0.15) is 6.54 Å². The molecule has 2 saturated heterocycles. The second-order valence-corrected chi connectivity index (χ2v) is 5.78. The van der Waals surface area contributed by atoms with Crippen LogP contribution >= 0.6 is 0 Å². The fraction of sp³-hybridized carbons (Fsp3) is 0.312. The maximum absolute atomic E-state index is 12.0. The highest BCUT2D eigenvalue weighted by Gasteiger charge is 2.42. The van der Waals surface area contributed by atoms with Crippen LogP contribution in [0.25, 0.3) is 0 Å². The van der Waals surface area contributed by atoms with Gasteiger partial charge < -0.3 is 10.2 Å². The number of nitrogens with zero attached hydrogens (tertiary/aromatic N) is 3. The molecule has 1 N–H and O–H groups in total. The fourth-order valence-corrected chi connectivity index (χ4v) is 2.74. The Morgan fingerprint density at radius 2 is 1.76 bits per heavy atom. The molecular weight excluding hydrogens is 328 g/mol. The van der Waals surface area contributed by atoms with E-state index >= 15 is 0 Å². The number of benzene rings is 1. The number of imide groups is 2. The number of anilines is 2. The van der Waals surface area contributed by atoms with Gasteiger partial charge in [-0.15, -0.1) is 0 Å². The van der Waals surface area contributed by atoms with Gasteiger partial charge in [0.2, 0.25) is 11.8 Å². The van der Waals surface area contributed by atoms with Gasteiger partial charge in [0.25, 0.3) is 0 Å². The minimum atomic E-state index is -1.02. The molecule has 9 nitrogen and oxygen atoms in total. The van der Waals surface area contributed by atoms with Crippen molar-refractivity contribution in [3.8, 4) is 0 Å². The molecule has 0 aliphatic carbocycles. The molecule has 0 radical (unpaired) electrons. The highest BCUT2D eigenvalue weighted by Crippen LogP contribution is 2.23. The summed E-state index contributed by atoms with van der Waals surface area (Å²) in [5.41, 5.74) is 1.21. The van der Waals surface area contributed by atoms with Crippen molar-refractivity contribution in [2.75, 3.05) is 30.4 Å². The number of carbonyl (C=O) groups is 5. The van der Waals surface area contributed by atoms with Crippen LogP contribution in [-0.2, 0) is 19.2 Å². The molecule has 0 spiro atoms. The molecule has 1 aromatic rings. The number of hydrogen-bond donors (Lipinski definition) is 1. The Morgan fingerprint density at radius 1 is 1.08 bits per heavy atom. The SMILES string of the molecule is CN1C(=O)C(=O)N(CC(=O)Nc2ccc(N3CCCC3=O)cc2)C1=O. The first kappa shape index (κ1) is 16.6. The highest BCUT2D eigenvalue weighted by atomic mass is 16.2. The maximum atomic E-state index is 12.0. The normalized spacial score (nSPS) is 17.7. The van der Waals surface area contributed by atoms with Gasteiger partial charge in [-0.2, -0.15) is 0 Å². The number of nitrogens with one attached hydrogen (secondary N) is 1. The van der Waals surface area contributed by atoms with Crippen molar-refractivity contribution in [2.24, 2.45) is 0 Å². The minimum Gasteiger partial charge on any atom is -0.325 e. The van der Waals surface area contributed by atoms with Gasteiger partial charge >= 0.3 is 17.8 Å². The third-order valence-corrected chi connectivity index (χ3v) is 4.09. The zero-order valence-corrected chi connectivity index (χ0v) is 13.5. The number of rotatable bonds is 4. The first-order chi connectivity index (χ1) is 11.9. The average Bonchev–Trinajstić information content (AvgIpc) is 3.09. The van der Waals surface area contributed by atoms with E-state index in [9.17, 15) is 24.0 Å². The quantitative estimate of drug-likeness (QED) is 0.619. The zero-order valence-electron chi connectivity index (χ0n) is 13.5. The van der Waals surface area contributed by atoms with Crippen LogP contribution in [0.3, 0.4) is 0 Å². The fourth-order valence-electron chi connectivity index (χ4n) is 2.74. The van der Waals surface area contributed by atoms with Crippen molar-refractivity contribution in [1.82, 2.24) is 9.80 Å². The van der Waals surface area contributed by atoms with E-state index in [1.807, 2.05) is 0 Å². The van der Waals surface area contributed by atoms with Crippen LogP contribution in [0.1, 0.15) is 12.8 Å². The van der Waals surface area contributed by atoms with Crippen molar-refractivity contribution >= 4 is 41.0 Å². The molecule has 0 unspecified atom stereocenters. The summed E-state index contributed by atoms with van der Waals surface area (Å²) in [6, 6.07) is 5.85. The number of amides is 6. The van der Waals surface area contributed by atoms with Crippen molar-refractivity contribution in [1.29, 1.82) is 0 Å². The first-order valence-electron chi connectivity index (χ1n) is 7.72. The van der Waals surface area contributed by atoms with Crippen LogP contribution in [0.2, 0.25) is 0 Å². The molecule has 130 valence electrons. The van der Waals surface area contributed by atoms with Gasteiger partial charge in [-0.1, -0.05) is 0 Å². The van der Waals surface area contributed by atoms with E-state index in [0.717, 1.165) is 12.1 Å². The Bertz CT molecular complexity index is 773. The third-order valence-electron chi connectivity index (χ3n) is 4.09. The van der Waals surface area contributed by atoms with Gasteiger partial charge in [0.05, 0.1) is 0 Å². The van der Waals surface area contributed by atoms with E-state index in [4.69, 9.17) is 0 Å². The van der Waals surface area contributed by atoms with Gasteiger partial charge in [0.15, 0.2) is 0 Å². The van der Waals surface area contributed by atoms with Crippen molar-refractivity contribution in [3.05, 3.63) is 24.3 Å². The van der Waals surface area contributed by atoms with Crippen LogP contribution in [-0.4, -0.2) is 59.6 Å². The Hall–Kier alpha value is -3.23. The van der Waals surface area contributed by atoms with Crippen molar-refractivity contribution < 1.29 is 24.0 Å². The van der Waals surface area contributed by atoms with E-state index in [1.165, 1.54) is 7.05 Å². The lowest BCUT2D eigenvalue weighted by atomic mass is 10.2. The summed E-state index contributed by atoms with van der Waals surface area (Å²) in [7, 11) is 1.18. The lowest BCUT2D eigenvalue weighted by Gasteiger charge is -2.16. The molecule has 9 heteroatoms. The second kappa shape index (κ2) is 6.34.